The third-order valence-electron chi connectivity index (χ3n) is 3.83. The molecule has 1 saturated heterocycles. The van der Waals surface area contributed by atoms with Gasteiger partial charge < -0.3 is 9.47 Å². The highest BCUT2D eigenvalue weighted by Gasteiger charge is 2.34. The summed E-state index contributed by atoms with van der Waals surface area (Å²) in [5.41, 5.74) is 0.828. The van der Waals surface area contributed by atoms with Crippen LogP contribution in [0.5, 0.6) is 11.5 Å². The van der Waals surface area contributed by atoms with Gasteiger partial charge in [-0.2, -0.15) is 0 Å². The Morgan fingerprint density at radius 1 is 1.11 bits per heavy atom. The number of nitrogens with zero attached hydrogens (tertiary/aromatic N) is 1. The average Bonchev–Trinajstić information content (AvgIpc) is 2.92. The first-order valence-corrected chi connectivity index (χ1v) is 10.0. The van der Waals surface area contributed by atoms with Crippen molar-refractivity contribution in [1.82, 2.24) is 4.90 Å². The Morgan fingerprint density at radius 3 is 2.50 bits per heavy atom. The van der Waals surface area contributed by atoms with E-state index in [1.165, 1.54) is 4.90 Å². The fourth-order valence-corrected chi connectivity index (χ4v) is 3.62. The lowest BCUT2D eigenvalue weighted by Gasteiger charge is -2.13. The van der Waals surface area contributed by atoms with E-state index in [1.54, 1.807) is 24.3 Å². The molecular formula is C21H20ClNO4S. The summed E-state index contributed by atoms with van der Waals surface area (Å²) in [6.45, 7) is 4.25. The lowest BCUT2D eigenvalue weighted by atomic mass is 10.2. The van der Waals surface area contributed by atoms with Gasteiger partial charge in [-0.15, -0.1) is 0 Å². The molecule has 1 fully saturated rings. The Hall–Kier alpha value is -2.44. The van der Waals surface area contributed by atoms with E-state index in [-0.39, 0.29) is 30.4 Å². The van der Waals surface area contributed by atoms with E-state index in [2.05, 4.69) is 0 Å². The lowest BCUT2D eigenvalue weighted by molar-refractivity contribution is -0.123. The van der Waals surface area contributed by atoms with Gasteiger partial charge in [0.05, 0.1) is 22.6 Å². The topological polar surface area (TPSA) is 55.8 Å². The summed E-state index contributed by atoms with van der Waals surface area (Å²) in [4.78, 5) is 26.3. The molecule has 7 heteroatoms. The van der Waals surface area contributed by atoms with Crippen molar-refractivity contribution in [3.8, 4) is 11.5 Å². The predicted octanol–water partition coefficient (Wildman–Crippen LogP) is 5.24. The summed E-state index contributed by atoms with van der Waals surface area (Å²) in [5.74, 6) is 0.965. The zero-order chi connectivity index (χ0) is 20.1. The van der Waals surface area contributed by atoms with Crippen molar-refractivity contribution in [3.63, 3.8) is 0 Å². The zero-order valence-electron chi connectivity index (χ0n) is 15.6. The van der Waals surface area contributed by atoms with Gasteiger partial charge in [-0.05, 0) is 61.5 Å². The number of hydrogen-bond acceptors (Lipinski definition) is 5. The fraction of sp³-hybridized carbons (Fsp3) is 0.238. The number of rotatable bonds is 7. The molecule has 2 aromatic rings. The van der Waals surface area contributed by atoms with Crippen LogP contribution in [-0.4, -0.2) is 35.3 Å². The quantitative estimate of drug-likeness (QED) is 0.576. The summed E-state index contributed by atoms with van der Waals surface area (Å²) in [6, 6.07) is 14.5. The molecule has 2 amide bonds. The largest absolute Gasteiger partial charge is 0.491 e. The molecular weight excluding hydrogens is 398 g/mol. The minimum atomic E-state index is -0.319. The van der Waals surface area contributed by atoms with Crippen molar-refractivity contribution >= 4 is 40.6 Å². The second-order valence-corrected chi connectivity index (χ2v) is 7.75. The SMILES string of the molecule is CC(C)Oc1ccc(/C=C2\SC(=O)N(CCOc3ccccc3Cl)C2=O)cc1. The van der Waals surface area contributed by atoms with Crippen LogP contribution in [0.3, 0.4) is 0 Å². The molecule has 0 spiro atoms. The molecule has 2 aromatic carbocycles. The van der Waals surface area contributed by atoms with Crippen molar-refractivity contribution in [1.29, 1.82) is 0 Å². The third kappa shape index (κ3) is 5.09. The van der Waals surface area contributed by atoms with Gasteiger partial charge in [0.25, 0.3) is 11.1 Å². The first-order chi connectivity index (χ1) is 13.4. The van der Waals surface area contributed by atoms with Crippen LogP contribution in [0.2, 0.25) is 5.02 Å². The minimum absolute atomic E-state index is 0.0929. The normalized spacial score (nSPS) is 15.6. The molecule has 0 N–H and O–H groups in total. The number of carbonyl (C=O) groups is 2. The van der Waals surface area contributed by atoms with Crippen molar-refractivity contribution < 1.29 is 19.1 Å². The van der Waals surface area contributed by atoms with Crippen LogP contribution in [-0.2, 0) is 4.79 Å². The molecule has 0 atom stereocenters. The maximum Gasteiger partial charge on any atom is 0.293 e. The van der Waals surface area contributed by atoms with E-state index in [1.807, 2.05) is 44.2 Å². The number of benzene rings is 2. The van der Waals surface area contributed by atoms with E-state index in [9.17, 15) is 9.59 Å². The van der Waals surface area contributed by atoms with E-state index < -0.39 is 0 Å². The second-order valence-electron chi connectivity index (χ2n) is 6.35. The summed E-state index contributed by atoms with van der Waals surface area (Å²) in [5, 5.41) is 0.181. The van der Waals surface area contributed by atoms with Crippen molar-refractivity contribution in [2.75, 3.05) is 13.2 Å². The van der Waals surface area contributed by atoms with Crippen LogP contribution in [0.1, 0.15) is 19.4 Å². The molecule has 5 nitrogen and oxygen atoms in total. The van der Waals surface area contributed by atoms with Crippen LogP contribution in [0, 0.1) is 0 Å². The van der Waals surface area contributed by atoms with Gasteiger partial charge >= 0.3 is 0 Å². The lowest BCUT2D eigenvalue weighted by Crippen LogP contribution is -2.32. The Kier molecular flexibility index (Phi) is 6.65. The summed E-state index contributed by atoms with van der Waals surface area (Å²) in [7, 11) is 0. The third-order valence-corrected chi connectivity index (χ3v) is 5.05. The molecule has 0 unspecified atom stereocenters. The van der Waals surface area contributed by atoms with E-state index in [0.29, 0.717) is 15.7 Å². The van der Waals surface area contributed by atoms with Gasteiger partial charge in [-0.25, -0.2) is 0 Å². The van der Waals surface area contributed by atoms with Gasteiger partial charge in [-0.1, -0.05) is 35.9 Å². The summed E-state index contributed by atoms with van der Waals surface area (Å²) >= 11 is 6.96. The number of halogens is 1. The Bertz CT molecular complexity index is 896. The van der Waals surface area contributed by atoms with E-state index in [4.69, 9.17) is 21.1 Å². The molecule has 3 rings (SSSR count). The van der Waals surface area contributed by atoms with Crippen LogP contribution in [0.4, 0.5) is 4.79 Å². The number of carbonyl (C=O) groups excluding carboxylic acids is 2. The van der Waals surface area contributed by atoms with E-state index in [0.717, 1.165) is 23.1 Å². The first kappa shape index (κ1) is 20.3. The molecule has 0 radical (unpaired) electrons. The van der Waals surface area contributed by atoms with Crippen molar-refractivity contribution in [2.24, 2.45) is 0 Å². The van der Waals surface area contributed by atoms with Gasteiger partial charge in [0, 0.05) is 0 Å². The van der Waals surface area contributed by atoms with Crippen LogP contribution in [0.15, 0.2) is 53.4 Å². The smallest absolute Gasteiger partial charge is 0.293 e. The highest BCUT2D eigenvalue weighted by molar-refractivity contribution is 8.18. The second kappa shape index (κ2) is 9.17. The molecule has 146 valence electrons. The minimum Gasteiger partial charge on any atom is -0.491 e. The standard InChI is InChI=1S/C21H20ClNO4S/c1-14(2)27-16-9-7-15(8-10-16)13-19-20(24)23(21(25)28-19)11-12-26-18-6-4-3-5-17(18)22/h3-10,13-14H,11-12H2,1-2H3/b19-13-. The number of amides is 2. The van der Waals surface area contributed by atoms with Gasteiger partial charge in [0.1, 0.15) is 18.1 Å². The van der Waals surface area contributed by atoms with Crippen molar-refractivity contribution in [3.05, 3.63) is 64.0 Å². The molecule has 0 bridgehead atoms. The Labute approximate surface area is 173 Å². The maximum atomic E-state index is 12.6. The van der Waals surface area contributed by atoms with Crippen molar-refractivity contribution in [2.45, 2.75) is 20.0 Å². The molecule has 0 aliphatic carbocycles. The predicted molar refractivity (Wildman–Crippen MR) is 112 cm³/mol. The molecule has 28 heavy (non-hydrogen) atoms. The molecule has 0 aromatic heterocycles. The van der Waals surface area contributed by atoms with Gasteiger partial charge in [0.15, 0.2) is 0 Å². The molecule has 1 heterocycles. The number of ether oxygens (including phenoxy) is 2. The average molecular weight is 418 g/mol. The number of imide groups is 1. The Morgan fingerprint density at radius 2 is 1.82 bits per heavy atom. The van der Waals surface area contributed by atoms with E-state index >= 15 is 0 Å². The van der Waals surface area contributed by atoms with Crippen LogP contribution < -0.4 is 9.47 Å². The van der Waals surface area contributed by atoms with Crippen LogP contribution >= 0.6 is 23.4 Å². The molecule has 0 saturated carbocycles. The Balaban J connectivity index is 1.61. The van der Waals surface area contributed by atoms with Gasteiger partial charge in [-0.3, -0.25) is 14.5 Å². The zero-order valence-corrected chi connectivity index (χ0v) is 17.1. The highest BCUT2D eigenvalue weighted by atomic mass is 35.5. The monoisotopic (exact) mass is 417 g/mol. The summed E-state index contributed by atoms with van der Waals surface area (Å²) in [6.07, 6.45) is 1.80. The number of hydrogen-bond donors (Lipinski definition) is 0. The first-order valence-electron chi connectivity index (χ1n) is 8.83. The maximum absolute atomic E-state index is 12.6. The summed E-state index contributed by atoms with van der Waals surface area (Å²) < 4.78 is 11.2. The highest BCUT2D eigenvalue weighted by Crippen LogP contribution is 2.32. The molecule has 1 aliphatic rings. The van der Waals surface area contributed by atoms with Crippen LogP contribution in [0.25, 0.3) is 6.08 Å². The fourth-order valence-electron chi connectivity index (χ4n) is 2.57. The number of para-hydroxylation sites is 1. The van der Waals surface area contributed by atoms with Gasteiger partial charge in [0.2, 0.25) is 0 Å². The number of thioether (sulfide) groups is 1. The molecule has 1 aliphatic heterocycles.